The van der Waals surface area contributed by atoms with Gasteiger partial charge in [-0.05, 0) is 30.4 Å². The summed E-state index contributed by atoms with van der Waals surface area (Å²) in [6, 6.07) is 10.2. The standard InChI is InChI=1S/C17H19N3O2S/c21-16(15-10-12-4-1-2-6-14(12)23-15)19-8-3-5-13(11-19)20-9-7-18-17(20)22/h1-2,4,6,10,13H,3,5,7-9,11H2,(H,18,22)/t13-/m0/s1. The predicted molar refractivity (Wildman–Crippen MR) is 90.9 cm³/mol. The van der Waals surface area contributed by atoms with Crippen molar-refractivity contribution < 1.29 is 9.59 Å². The molecule has 2 fully saturated rings. The third kappa shape index (κ3) is 2.67. The van der Waals surface area contributed by atoms with Gasteiger partial charge in [-0.2, -0.15) is 0 Å². The van der Waals surface area contributed by atoms with Crippen LogP contribution in [0.3, 0.4) is 0 Å². The van der Waals surface area contributed by atoms with E-state index in [1.165, 1.54) is 0 Å². The Kier molecular flexibility index (Phi) is 3.69. The zero-order valence-electron chi connectivity index (χ0n) is 12.8. The van der Waals surface area contributed by atoms with Gasteiger partial charge in [-0.1, -0.05) is 18.2 Å². The van der Waals surface area contributed by atoms with E-state index in [1.54, 1.807) is 11.3 Å². The number of hydrogen-bond acceptors (Lipinski definition) is 3. The number of nitrogens with one attached hydrogen (secondary N) is 1. The Morgan fingerprint density at radius 3 is 2.91 bits per heavy atom. The molecule has 4 rings (SSSR count). The van der Waals surface area contributed by atoms with Crippen LogP contribution >= 0.6 is 11.3 Å². The van der Waals surface area contributed by atoms with Crippen molar-refractivity contribution in [3.05, 3.63) is 35.2 Å². The number of fused-ring (bicyclic) bond motifs is 1. The molecule has 1 aromatic carbocycles. The molecule has 0 bridgehead atoms. The maximum absolute atomic E-state index is 12.8. The fourth-order valence-corrected chi connectivity index (χ4v) is 4.50. The predicted octanol–water partition coefficient (Wildman–Crippen LogP) is 2.53. The maximum atomic E-state index is 12.8. The number of benzene rings is 1. The molecule has 23 heavy (non-hydrogen) atoms. The molecule has 1 aromatic heterocycles. The van der Waals surface area contributed by atoms with Gasteiger partial charge in [-0.15, -0.1) is 11.3 Å². The summed E-state index contributed by atoms with van der Waals surface area (Å²) < 4.78 is 1.14. The fraction of sp³-hybridized carbons (Fsp3) is 0.412. The van der Waals surface area contributed by atoms with Crippen LogP contribution in [0.5, 0.6) is 0 Å². The van der Waals surface area contributed by atoms with Gasteiger partial charge >= 0.3 is 6.03 Å². The van der Waals surface area contributed by atoms with Crippen molar-refractivity contribution in [1.29, 1.82) is 0 Å². The van der Waals surface area contributed by atoms with E-state index in [-0.39, 0.29) is 18.0 Å². The SMILES string of the molecule is O=C(c1cc2ccccc2s1)N1CCC[C@H](N2CCNC2=O)C1. The van der Waals surface area contributed by atoms with Gasteiger partial charge in [0.15, 0.2) is 0 Å². The minimum atomic E-state index is 0.00570. The van der Waals surface area contributed by atoms with Crippen LogP contribution < -0.4 is 5.32 Å². The number of piperidine rings is 1. The molecule has 1 N–H and O–H groups in total. The Bertz CT molecular complexity index is 724. The Labute approximate surface area is 138 Å². The van der Waals surface area contributed by atoms with Crippen LogP contribution in [-0.4, -0.2) is 54.0 Å². The molecule has 1 atom stereocenters. The fourth-order valence-electron chi connectivity index (χ4n) is 3.47. The molecule has 0 saturated carbocycles. The van der Waals surface area contributed by atoms with Crippen molar-refractivity contribution in [1.82, 2.24) is 15.1 Å². The highest BCUT2D eigenvalue weighted by Crippen LogP contribution is 2.27. The largest absolute Gasteiger partial charge is 0.336 e. The van der Waals surface area contributed by atoms with Gasteiger partial charge in [0, 0.05) is 30.9 Å². The van der Waals surface area contributed by atoms with E-state index in [9.17, 15) is 9.59 Å². The average Bonchev–Trinajstić information content (AvgIpc) is 3.20. The van der Waals surface area contributed by atoms with E-state index >= 15 is 0 Å². The van der Waals surface area contributed by atoms with Crippen molar-refractivity contribution in [2.45, 2.75) is 18.9 Å². The van der Waals surface area contributed by atoms with Crippen LogP contribution in [0.4, 0.5) is 4.79 Å². The summed E-state index contributed by atoms with van der Waals surface area (Å²) in [6.07, 6.45) is 1.93. The van der Waals surface area contributed by atoms with Gasteiger partial charge in [0.25, 0.3) is 5.91 Å². The summed E-state index contributed by atoms with van der Waals surface area (Å²) in [5.41, 5.74) is 0. The molecule has 0 aliphatic carbocycles. The average molecular weight is 329 g/mol. The lowest BCUT2D eigenvalue weighted by Crippen LogP contribution is -2.50. The summed E-state index contributed by atoms with van der Waals surface area (Å²) in [6.45, 7) is 2.87. The van der Waals surface area contributed by atoms with Crippen molar-refractivity contribution in [2.75, 3.05) is 26.2 Å². The first-order valence-electron chi connectivity index (χ1n) is 8.05. The molecule has 0 unspecified atom stereocenters. The van der Waals surface area contributed by atoms with Gasteiger partial charge in [-0.3, -0.25) is 4.79 Å². The van der Waals surface area contributed by atoms with Crippen LogP contribution in [0.2, 0.25) is 0 Å². The molecule has 2 saturated heterocycles. The van der Waals surface area contributed by atoms with Crippen LogP contribution in [0, 0.1) is 0 Å². The summed E-state index contributed by atoms with van der Waals surface area (Å²) in [7, 11) is 0. The summed E-state index contributed by atoms with van der Waals surface area (Å²) in [5, 5.41) is 3.96. The van der Waals surface area contributed by atoms with E-state index in [1.807, 2.05) is 40.1 Å². The first-order chi connectivity index (χ1) is 11.2. The van der Waals surface area contributed by atoms with Gasteiger partial charge < -0.3 is 15.1 Å². The Balaban J connectivity index is 1.52. The van der Waals surface area contributed by atoms with Crippen molar-refractivity contribution in [3.8, 4) is 0 Å². The second-order valence-corrected chi connectivity index (χ2v) is 7.20. The van der Waals surface area contributed by atoms with Crippen LogP contribution in [-0.2, 0) is 0 Å². The summed E-state index contributed by atoms with van der Waals surface area (Å²) in [4.78, 5) is 29.3. The third-order valence-electron chi connectivity index (χ3n) is 4.65. The lowest BCUT2D eigenvalue weighted by atomic mass is 10.0. The van der Waals surface area contributed by atoms with E-state index in [0.717, 1.165) is 40.9 Å². The quantitative estimate of drug-likeness (QED) is 0.920. The van der Waals surface area contributed by atoms with Crippen LogP contribution in [0.25, 0.3) is 10.1 Å². The molecule has 3 heterocycles. The second kappa shape index (κ2) is 5.85. The molecule has 2 aliphatic rings. The van der Waals surface area contributed by atoms with Gasteiger partial charge in [0.1, 0.15) is 0 Å². The van der Waals surface area contributed by atoms with Crippen molar-refractivity contribution >= 4 is 33.4 Å². The van der Waals surface area contributed by atoms with E-state index < -0.39 is 0 Å². The summed E-state index contributed by atoms with van der Waals surface area (Å²) >= 11 is 1.55. The monoisotopic (exact) mass is 329 g/mol. The minimum absolute atomic E-state index is 0.00570. The number of nitrogens with zero attached hydrogens (tertiary/aromatic N) is 2. The first kappa shape index (κ1) is 14.5. The lowest BCUT2D eigenvalue weighted by Gasteiger charge is -2.36. The van der Waals surface area contributed by atoms with E-state index in [4.69, 9.17) is 0 Å². The highest BCUT2D eigenvalue weighted by Gasteiger charge is 2.33. The Hall–Kier alpha value is -2.08. The number of amides is 3. The van der Waals surface area contributed by atoms with Gasteiger partial charge in [0.2, 0.25) is 0 Å². The zero-order valence-corrected chi connectivity index (χ0v) is 13.6. The molecule has 5 nitrogen and oxygen atoms in total. The lowest BCUT2D eigenvalue weighted by molar-refractivity contribution is 0.0639. The molecule has 0 spiro atoms. The minimum Gasteiger partial charge on any atom is -0.336 e. The topological polar surface area (TPSA) is 52.7 Å². The molecular formula is C17H19N3O2S. The molecule has 120 valence electrons. The molecule has 2 aliphatic heterocycles. The molecular weight excluding hydrogens is 310 g/mol. The number of carbonyl (C=O) groups excluding carboxylic acids is 2. The smallest absolute Gasteiger partial charge is 0.317 e. The van der Waals surface area contributed by atoms with E-state index in [0.29, 0.717) is 13.1 Å². The third-order valence-corrected chi connectivity index (χ3v) is 5.75. The van der Waals surface area contributed by atoms with Crippen LogP contribution in [0.15, 0.2) is 30.3 Å². The normalized spacial score (nSPS) is 21.7. The second-order valence-electron chi connectivity index (χ2n) is 6.12. The number of hydrogen-bond donors (Lipinski definition) is 1. The molecule has 2 aromatic rings. The number of likely N-dealkylation sites (tertiary alicyclic amines) is 1. The van der Waals surface area contributed by atoms with E-state index in [2.05, 4.69) is 5.32 Å². The van der Waals surface area contributed by atoms with Crippen LogP contribution in [0.1, 0.15) is 22.5 Å². The number of thiophene rings is 1. The summed E-state index contributed by atoms with van der Waals surface area (Å²) in [5.74, 6) is 0.0931. The highest BCUT2D eigenvalue weighted by atomic mass is 32.1. The Morgan fingerprint density at radius 1 is 1.26 bits per heavy atom. The van der Waals surface area contributed by atoms with Crippen molar-refractivity contribution in [2.24, 2.45) is 0 Å². The highest BCUT2D eigenvalue weighted by molar-refractivity contribution is 7.20. The number of rotatable bonds is 2. The Morgan fingerprint density at radius 2 is 2.13 bits per heavy atom. The number of urea groups is 1. The number of carbonyl (C=O) groups is 2. The van der Waals surface area contributed by atoms with Gasteiger partial charge in [-0.25, -0.2) is 4.79 Å². The molecule has 3 amide bonds. The molecule has 6 heteroatoms. The van der Waals surface area contributed by atoms with Crippen molar-refractivity contribution in [3.63, 3.8) is 0 Å². The van der Waals surface area contributed by atoms with Gasteiger partial charge in [0.05, 0.1) is 10.9 Å². The first-order valence-corrected chi connectivity index (χ1v) is 8.86. The maximum Gasteiger partial charge on any atom is 0.317 e. The zero-order chi connectivity index (χ0) is 15.8. The molecule has 0 radical (unpaired) electrons.